The Hall–Kier alpha value is -3.09. The van der Waals surface area contributed by atoms with Crippen LogP contribution in [0.25, 0.3) is 5.57 Å². The van der Waals surface area contributed by atoms with Crippen LogP contribution in [0.15, 0.2) is 71.7 Å². The van der Waals surface area contributed by atoms with Crippen molar-refractivity contribution in [2.75, 3.05) is 19.0 Å². The number of amides is 2. The van der Waals surface area contributed by atoms with Crippen molar-refractivity contribution in [3.8, 4) is 5.75 Å². The van der Waals surface area contributed by atoms with E-state index in [1.807, 2.05) is 41.8 Å². The third kappa shape index (κ3) is 4.10. The lowest BCUT2D eigenvalue weighted by Crippen LogP contribution is -2.34. The molecule has 3 aromatic rings. The van der Waals surface area contributed by atoms with Crippen molar-refractivity contribution in [2.45, 2.75) is 6.42 Å². The number of nitrogens with one attached hydrogen (secondary N) is 1. The molecule has 0 radical (unpaired) electrons. The third-order valence-corrected chi connectivity index (χ3v) is 5.97. The number of hydrogen-bond acceptors (Lipinski definition) is 5. The molecule has 2 heterocycles. The van der Waals surface area contributed by atoms with Gasteiger partial charge in [-0.05, 0) is 59.8 Å². The minimum absolute atomic E-state index is 0.285. The molecule has 0 saturated carbocycles. The Labute approximate surface area is 183 Å². The van der Waals surface area contributed by atoms with Gasteiger partial charge in [0.2, 0.25) is 0 Å². The van der Waals surface area contributed by atoms with Gasteiger partial charge in [-0.2, -0.15) is 0 Å². The van der Waals surface area contributed by atoms with Crippen LogP contribution in [-0.2, 0) is 16.0 Å². The first kappa shape index (κ1) is 20.2. The molecule has 0 unspecified atom stereocenters. The maximum absolute atomic E-state index is 13.2. The van der Waals surface area contributed by atoms with Crippen molar-refractivity contribution >= 4 is 46.0 Å². The molecule has 0 fully saturated rings. The third-order valence-electron chi connectivity index (χ3n) is 4.83. The maximum Gasteiger partial charge on any atom is 0.278 e. The molecule has 7 heteroatoms. The fraction of sp³-hybridized carbons (Fsp3) is 0.130. The van der Waals surface area contributed by atoms with Crippen molar-refractivity contribution in [2.24, 2.45) is 0 Å². The van der Waals surface area contributed by atoms with E-state index in [9.17, 15) is 9.59 Å². The zero-order valence-corrected chi connectivity index (χ0v) is 17.8. The van der Waals surface area contributed by atoms with E-state index in [1.54, 1.807) is 31.4 Å². The number of methoxy groups -OCH3 is 1. The summed E-state index contributed by atoms with van der Waals surface area (Å²) in [4.78, 5) is 28.4. The normalized spacial score (nSPS) is 13.9. The van der Waals surface area contributed by atoms with Crippen LogP contribution < -0.4 is 10.1 Å². The largest absolute Gasteiger partial charge is 0.497 e. The number of anilines is 1. The average Bonchev–Trinajstić information content (AvgIpc) is 3.36. The summed E-state index contributed by atoms with van der Waals surface area (Å²) in [5.74, 6) is 0.104. The highest BCUT2D eigenvalue weighted by Crippen LogP contribution is 2.33. The second-order valence-electron chi connectivity index (χ2n) is 6.72. The van der Waals surface area contributed by atoms with E-state index in [2.05, 4.69) is 5.32 Å². The standard InChI is InChI=1S/C23H19ClN2O3S/c1-29-18-10-8-17(9-11-18)25-21-20(19-3-2-14-30-19)22(27)26(23(21)28)13-12-15-4-6-16(24)7-5-15/h2-11,14,25H,12-13H2,1H3. The minimum atomic E-state index is -0.326. The average molecular weight is 439 g/mol. The van der Waals surface area contributed by atoms with E-state index < -0.39 is 0 Å². The molecule has 0 atom stereocenters. The Morgan fingerprint density at radius 3 is 2.37 bits per heavy atom. The maximum atomic E-state index is 13.2. The van der Waals surface area contributed by atoms with Crippen LogP contribution in [0.3, 0.4) is 0 Å². The van der Waals surface area contributed by atoms with E-state index in [-0.39, 0.29) is 11.8 Å². The van der Waals surface area contributed by atoms with Crippen molar-refractivity contribution in [1.82, 2.24) is 4.90 Å². The van der Waals surface area contributed by atoms with Gasteiger partial charge in [-0.15, -0.1) is 11.3 Å². The summed E-state index contributed by atoms with van der Waals surface area (Å²) in [5.41, 5.74) is 2.42. The van der Waals surface area contributed by atoms with Crippen LogP contribution in [-0.4, -0.2) is 30.4 Å². The van der Waals surface area contributed by atoms with Crippen LogP contribution >= 0.6 is 22.9 Å². The fourth-order valence-electron chi connectivity index (χ4n) is 3.26. The summed E-state index contributed by atoms with van der Waals surface area (Å²) >= 11 is 7.37. The smallest absolute Gasteiger partial charge is 0.278 e. The number of carbonyl (C=O) groups excluding carboxylic acids is 2. The molecular weight excluding hydrogens is 420 g/mol. The fourth-order valence-corrected chi connectivity index (χ4v) is 4.15. The molecule has 1 N–H and O–H groups in total. The van der Waals surface area contributed by atoms with Crippen molar-refractivity contribution in [3.63, 3.8) is 0 Å². The summed E-state index contributed by atoms with van der Waals surface area (Å²) < 4.78 is 5.18. The first-order chi connectivity index (χ1) is 14.6. The Morgan fingerprint density at radius 1 is 1.00 bits per heavy atom. The van der Waals surface area contributed by atoms with E-state index >= 15 is 0 Å². The van der Waals surface area contributed by atoms with Crippen molar-refractivity contribution in [3.05, 3.63) is 87.2 Å². The molecular formula is C23H19ClN2O3S. The lowest BCUT2D eigenvalue weighted by atomic mass is 10.1. The summed E-state index contributed by atoms with van der Waals surface area (Å²) in [6.07, 6.45) is 0.558. The Bertz CT molecular complexity index is 1090. The van der Waals surface area contributed by atoms with Gasteiger partial charge in [0.15, 0.2) is 0 Å². The number of carbonyl (C=O) groups is 2. The van der Waals surface area contributed by atoms with E-state index in [0.29, 0.717) is 40.7 Å². The van der Waals surface area contributed by atoms with Gasteiger partial charge in [0.25, 0.3) is 11.8 Å². The SMILES string of the molecule is COc1ccc(NC2=C(c3cccs3)C(=O)N(CCc3ccc(Cl)cc3)C2=O)cc1. The van der Waals surface area contributed by atoms with Crippen molar-refractivity contribution < 1.29 is 14.3 Å². The van der Waals surface area contributed by atoms with Crippen molar-refractivity contribution in [1.29, 1.82) is 0 Å². The monoisotopic (exact) mass is 438 g/mol. The molecule has 1 aliphatic rings. The van der Waals surface area contributed by atoms with Gasteiger partial charge in [-0.3, -0.25) is 14.5 Å². The molecule has 0 spiro atoms. The van der Waals surface area contributed by atoms with Crippen LogP contribution in [0.4, 0.5) is 5.69 Å². The lowest BCUT2D eigenvalue weighted by Gasteiger charge is -2.15. The summed E-state index contributed by atoms with van der Waals surface area (Å²) in [7, 11) is 1.59. The molecule has 0 aliphatic carbocycles. The molecule has 2 amide bonds. The van der Waals surface area contributed by atoms with Crippen LogP contribution in [0, 0.1) is 0 Å². The number of thiophene rings is 1. The first-order valence-electron chi connectivity index (χ1n) is 9.36. The summed E-state index contributed by atoms with van der Waals surface area (Å²) in [6, 6.07) is 18.3. The first-order valence-corrected chi connectivity index (χ1v) is 10.6. The van der Waals surface area contributed by atoms with Crippen LogP contribution in [0.5, 0.6) is 5.75 Å². The summed E-state index contributed by atoms with van der Waals surface area (Å²) in [5, 5.41) is 5.69. The molecule has 1 aliphatic heterocycles. The predicted octanol–water partition coefficient (Wildman–Crippen LogP) is 4.84. The highest BCUT2D eigenvalue weighted by Gasteiger charge is 2.39. The number of rotatable bonds is 7. The van der Waals surface area contributed by atoms with Gasteiger partial charge < -0.3 is 10.1 Å². The number of halogens is 1. The van der Waals surface area contributed by atoms with Gasteiger partial charge in [-0.25, -0.2) is 0 Å². The van der Waals surface area contributed by atoms with Gasteiger partial charge in [0.1, 0.15) is 11.4 Å². The number of benzene rings is 2. The lowest BCUT2D eigenvalue weighted by molar-refractivity contribution is -0.136. The highest BCUT2D eigenvalue weighted by molar-refractivity contribution is 7.11. The number of nitrogens with zero attached hydrogens (tertiary/aromatic N) is 1. The van der Waals surface area contributed by atoms with E-state index in [1.165, 1.54) is 16.2 Å². The Balaban J connectivity index is 1.59. The molecule has 2 aromatic carbocycles. The number of hydrogen-bond donors (Lipinski definition) is 1. The number of ether oxygens (including phenoxy) is 1. The molecule has 1 aromatic heterocycles. The molecule has 5 nitrogen and oxygen atoms in total. The second-order valence-corrected chi connectivity index (χ2v) is 8.10. The van der Waals surface area contributed by atoms with Crippen LogP contribution in [0.2, 0.25) is 5.02 Å². The minimum Gasteiger partial charge on any atom is -0.497 e. The quantitative estimate of drug-likeness (QED) is 0.536. The van der Waals surface area contributed by atoms with E-state index in [4.69, 9.17) is 16.3 Å². The predicted molar refractivity (Wildman–Crippen MR) is 120 cm³/mol. The molecule has 0 bridgehead atoms. The van der Waals surface area contributed by atoms with E-state index in [0.717, 1.165) is 10.4 Å². The van der Waals surface area contributed by atoms with Gasteiger partial charge in [0.05, 0.1) is 12.7 Å². The Kier molecular flexibility index (Phi) is 5.88. The highest BCUT2D eigenvalue weighted by atomic mass is 35.5. The van der Waals surface area contributed by atoms with Gasteiger partial charge in [0, 0.05) is 22.1 Å². The summed E-state index contributed by atoms with van der Waals surface area (Å²) in [6.45, 7) is 0.294. The van der Waals surface area contributed by atoms with Crippen LogP contribution in [0.1, 0.15) is 10.4 Å². The topological polar surface area (TPSA) is 58.6 Å². The van der Waals surface area contributed by atoms with Gasteiger partial charge in [-0.1, -0.05) is 29.8 Å². The van der Waals surface area contributed by atoms with Gasteiger partial charge >= 0.3 is 0 Å². The Morgan fingerprint density at radius 2 is 1.73 bits per heavy atom. The molecule has 30 heavy (non-hydrogen) atoms. The molecule has 4 rings (SSSR count). The second kappa shape index (κ2) is 8.73. The molecule has 152 valence electrons. The number of imide groups is 1. The zero-order chi connectivity index (χ0) is 21.1. The molecule has 0 saturated heterocycles. The zero-order valence-electron chi connectivity index (χ0n) is 16.2.